The second kappa shape index (κ2) is 6.94. The van der Waals surface area contributed by atoms with Crippen molar-refractivity contribution in [3.8, 4) is 0 Å². The Bertz CT molecular complexity index is 871. The van der Waals surface area contributed by atoms with Gasteiger partial charge >= 0.3 is 6.03 Å². The maximum Gasteiger partial charge on any atom is 0.329 e. The van der Waals surface area contributed by atoms with Crippen molar-refractivity contribution < 1.29 is 9.59 Å². The van der Waals surface area contributed by atoms with Gasteiger partial charge in [0.15, 0.2) is 0 Å². The largest absolute Gasteiger partial charge is 0.351 e. The van der Waals surface area contributed by atoms with E-state index < -0.39 is 6.03 Å². The van der Waals surface area contributed by atoms with Crippen molar-refractivity contribution in [2.24, 2.45) is 0 Å². The molecule has 2 aromatic rings. The van der Waals surface area contributed by atoms with Crippen LogP contribution in [-0.4, -0.2) is 21.4 Å². The molecule has 0 aliphatic carbocycles. The number of carbonyl (C=O) groups is 2. The number of amides is 3. The molecule has 1 aromatic carbocycles. The molecule has 0 radical (unpaired) electrons. The second-order valence-corrected chi connectivity index (χ2v) is 6.93. The summed E-state index contributed by atoms with van der Waals surface area (Å²) >= 11 is 11.9. The van der Waals surface area contributed by atoms with E-state index >= 15 is 0 Å². The lowest BCUT2D eigenvalue weighted by Gasteiger charge is -2.12. The van der Waals surface area contributed by atoms with Crippen LogP contribution in [0, 0.1) is 0 Å². The minimum Gasteiger partial charge on any atom is -0.351 e. The number of nitrogens with zero attached hydrogens (tertiary/aromatic N) is 2. The number of imide groups is 1. The van der Waals surface area contributed by atoms with Gasteiger partial charge < -0.3 is 9.88 Å². The summed E-state index contributed by atoms with van der Waals surface area (Å²) in [5, 5.41) is 3.43. The predicted octanol–water partition coefficient (Wildman–Crippen LogP) is 4.47. The van der Waals surface area contributed by atoms with Crippen molar-refractivity contribution in [3.05, 3.63) is 63.5 Å². The molecule has 1 saturated heterocycles. The maximum atomic E-state index is 12.5. The third kappa shape index (κ3) is 3.72. The molecule has 2 heterocycles. The number of benzene rings is 1. The summed E-state index contributed by atoms with van der Waals surface area (Å²) < 4.78 is 2.03. The molecule has 1 fully saturated rings. The van der Waals surface area contributed by atoms with Crippen LogP contribution in [0.1, 0.15) is 31.0 Å². The first kappa shape index (κ1) is 17.6. The first-order valence-electron chi connectivity index (χ1n) is 7.81. The quantitative estimate of drug-likeness (QED) is 0.631. The van der Waals surface area contributed by atoms with Crippen LogP contribution in [0.5, 0.6) is 0 Å². The van der Waals surface area contributed by atoms with Crippen LogP contribution in [0.3, 0.4) is 0 Å². The number of rotatable bonds is 4. The molecule has 0 unspecified atom stereocenters. The van der Waals surface area contributed by atoms with Gasteiger partial charge in [-0.3, -0.25) is 9.69 Å². The van der Waals surface area contributed by atoms with E-state index in [2.05, 4.69) is 19.2 Å². The lowest BCUT2D eigenvalue weighted by Crippen LogP contribution is -2.30. The maximum absolute atomic E-state index is 12.5. The predicted molar refractivity (Wildman–Crippen MR) is 98.3 cm³/mol. The smallest absolute Gasteiger partial charge is 0.329 e. The number of aromatic nitrogens is 1. The Hall–Kier alpha value is -2.24. The molecule has 0 atom stereocenters. The first-order valence-corrected chi connectivity index (χ1v) is 8.56. The molecule has 1 aliphatic heterocycles. The average Bonchev–Trinajstić information content (AvgIpc) is 3.12. The summed E-state index contributed by atoms with van der Waals surface area (Å²) in [6.45, 7) is 4.27. The van der Waals surface area contributed by atoms with E-state index in [0.29, 0.717) is 16.1 Å². The van der Waals surface area contributed by atoms with Gasteiger partial charge in [-0.2, -0.15) is 0 Å². The molecule has 1 aromatic heterocycles. The van der Waals surface area contributed by atoms with Crippen molar-refractivity contribution in [2.45, 2.75) is 26.4 Å². The fourth-order valence-electron chi connectivity index (χ4n) is 2.54. The van der Waals surface area contributed by atoms with Crippen LogP contribution in [0.2, 0.25) is 10.0 Å². The first-order chi connectivity index (χ1) is 11.8. The highest BCUT2D eigenvalue weighted by Gasteiger charge is 2.33. The Kier molecular flexibility index (Phi) is 4.88. The van der Waals surface area contributed by atoms with Gasteiger partial charge in [0.05, 0.1) is 16.6 Å². The minimum absolute atomic E-state index is 0.131. The molecule has 1 aliphatic rings. The molecule has 0 saturated carbocycles. The van der Waals surface area contributed by atoms with Crippen LogP contribution < -0.4 is 5.32 Å². The van der Waals surface area contributed by atoms with E-state index in [1.807, 2.05) is 23.0 Å². The molecule has 3 amide bonds. The summed E-state index contributed by atoms with van der Waals surface area (Å²) in [5.74, 6) is -0.367. The normalized spacial score (nSPS) is 16.2. The van der Waals surface area contributed by atoms with Crippen LogP contribution in [-0.2, 0) is 11.3 Å². The fourth-order valence-corrected chi connectivity index (χ4v) is 2.86. The van der Waals surface area contributed by atoms with Gasteiger partial charge in [0.1, 0.15) is 5.70 Å². The van der Waals surface area contributed by atoms with Crippen molar-refractivity contribution >= 4 is 41.2 Å². The number of hydrogen-bond donors (Lipinski definition) is 1. The van der Waals surface area contributed by atoms with Gasteiger partial charge in [-0.05, 0) is 49.2 Å². The molecular formula is C18H17Cl2N3O2. The highest BCUT2D eigenvalue weighted by Crippen LogP contribution is 2.24. The van der Waals surface area contributed by atoms with Crippen LogP contribution >= 0.6 is 23.2 Å². The summed E-state index contributed by atoms with van der Waals surface area (Å²) in [4.78, 5) is 25.8. The topological polar surface area (TPSA) is 54.3 Å². The van der Waals surface area contributed by atoms with Crippen molar-refractivity contribution in [1.82, 2.24) is 14.8 Å². The van der Waals surface area contributed by atoms with Crippen LogP contribution in [0.25, 0.3) is 6.08 Å². The average molecular weight is 378 g/mol. The zero-order valence-electron chi connectivity index (χ0n) is 13.8. The molecule has 7 heteroatoms. The van der Waals surface area contributed by atoms with Gasteiger partial charge in [-0.25, -0.2) is 4.79 Å². The molecule has 25 heavy (non-hydrogen) atoms. The number of nitrogens with one attached hydrogen (secondary N) is 1. The summed E-state index contributed by atoms with van der Waals surface area (Å²) in [6, 6.07) is 6.79. The highest BCUT2D eigenvalue weighted by molar-refractivity contribution is 6.42. The second-order valence-electron chi connectivity index (χ2n) is 6.11. The lowest BCUT2D eigenvalue weighted by atomic mass is 10.2. The molecule has 5 nitrogen and oxygen atoms in total. The third-order valence-corrected chi connectivity index (χ3v) is 4.67. The van der Waals surface area contributed by atoms with E-state index in [1.165, 1.54) is 0 Å². The molecule has 1 N–H and O–H groups in total. The Morgan fingerprint density at radius 3 is 2.56 bits per heavy atom. The molecule has 130 valence electrons. The Balaban J connectivity index is 1.79. The van der Waals surface area contributed by atoms with Crippen molar-refractivity contribution in [3.63, 3.8) is 0 Å². The monoisotopic (exact) mass is 377 g/mol. The highest BCUT2D eigenvalue weighted by atomic mass is 35.5. The summed E-state index contributed by atoms with van der Waals surface area (Å²) in [7, 11) is 0. The number of hydrogen-bond acceptors (Lipinski definition) is 2. The summed E-state index contributed by atoms with van der Waals surface area (Å²) in [6.07, 6.45) is 5.54. The van der Waals surface area contributed by atoms with Crippen molar-refractivity contribution in [2.75, 3.05) is 0 Å². The minimum atomic E-state index is -0.453. The Labute approximate surface area is 155 Å². The van der Waals surface area contributed by atoms with Gasteiger partial charge in [0.25, 0.3) is 5.91 Å². The Morgan fingerprint density at radius 2 is 1.92 bits per heavy atom. The molecule has 0 spiro atoms. The van der Waals surface area contributed by atoms with E-state index in [9.17, 15) is 9.59 Å². The Morgan fingerprint density at radius 1 is 1.16 bits per heavy atom. The van der Waals surface area contributed by atoms with Gasteiger partial charge in [0.2, 0.25) is 0 Å². The zero-order chi connectivity index (χ0) is 18.1. The lowest BCUT2D eigenvalue weighted by molar-refractivity contribution is -0.123. The zero-order valence-corrected chi connectivity index (χ0v) is 15.3. The van der Waals surface area contributed by atoms with Crippen LogP contribution in [0.4, 0.5) is 4.79 Å². The molecular weight excluding hydrogens is 361 g/mol. The number of carbonyl (C=O) groups excluding carboxylic acids is 2. The van der Waals surface area contributed by atoms with Gasteiger partial charge in [-0.15, -0.1) is 0 Å². The fraction of sp³-hybridized carbons (Fsp3) is 0.222. The van der Waals surface area contributed by atoms with E-state index in [4.69, 9.17) is 23.2 Å². The van der Waals surface area contributed by atoms with Gasteiger partial charge in [0, 0.05) is 18.4 Å². The molecule has 3 rings (SSSR count). The molecule has 0 bridgehead atoms. The third-order valence-electron chi connectivity index (χ3n) is 3.93. The van der Waals surface area contributed by atoms with E-state index in [-0.39, 0.29) is 18.1 Å². The van der Waals surface area contributed by atoms with Gasteiger partial charge in [-0.1, -0.05) is 29.3 Å². The SMILES string of the molecule is CC(C)n1ccc(/C=C2/NC(=O)N(Cc3ccc(Cl)c(Cl)c3)C2=O)c1. The van der Waals surface area contributed by atoms with E-state index in [1.54, 1.807) is 24.3 Å². The van der Waals surface area contributed by atoms with Crippen LogP contribution in [0.15, 0.2) is 42.4 Å². The van der Waals surface area contributed by atoms with Crippen molar-refractivity contribution in [1.29, 1.82) is 0 Å². The van der Waals surface area contributed by atoms with E-state index in [0.717, 1.165) is 16.0 Å². The number of halogens is 2. The number of urea groups is 1. The summed E-state index contributed by atoms with van der Waals surface area (Å²) in [5.41, 5.74) is 1.84. The standard InChI is InChI=1S/C18H17Cl2N3O2/c1-11(2)22-6-5-13(9-22)8-16-17(24)23(18(25)21-16)10-12-3-4-14(19)15(20)7-12/h3-9,11H,10H2,1-2H3,(H,21,25)/b16-8+.